The third-order valence-electron chi connectivity index (χ3n) is 5.67. The molecule has 0 saturated heterocycles. The van der Waals surface area contributed by atoms with Crippen molar-refractivity contribution < 1.29 is 19.0 Å². The first kappa shape index (κ1) is 24.4. The number of carbonyl (C=O) groups is 1. The molecule has 0 bridgehead atoms. The summed E-state index contributed by atoms with van der Waals surface area (Å²) in [7, 11) is 2.87. The van der Waals surface area contributed by atoms with Crippen molar-refractivity contribution in [2.45, 2.75) is 31.5 Å². The molecule has 1 unspecified atom stereocenters. The highest BCUT2D eigenvalue weighted by molar-refractivity contribution is 7.99. The zero-order valence-corrected chi connectivity index (χ0v) is 20.8. The molecule has 4 rings (SSSR count). The Morgan fingerprint density at radius 3 is 2.57 bits per heavy atom. The van der Waals surface area contributed by atoms with Crippen molar-refractivity contribution in [2.75, 3.05) is 25.3 Å². The number of anilines is 1. The van der Waals surface area contributed by atoms with Crippen LogP contribution in [0.2, 0.25) is 0 Å². The van der Waals surface area contributed by atoms with E-state index in [1.807, 2.05) is 43.3 Å². The third kappa shape index (κ3) is 5.05. The number of carbonyl (C=O) groups excluding carboxylic acids is 1. The van der Waals surface area contributed by atoms with Crippen molar-refractivity contribution in [3.63, 3.8) is 0 Å². The number of nitrogens with zero attached hydrogens (tertiary/aromatic N) is 1. The summed E-state index contributed by atoms with van der Waals surface area (Å²) in [6.45, 7) is 4.13. The molecule has 9 heteroatoms. The van der Waals surface area contributed by atoms with Crippen molar-refractivity contribution in [3.05, 3.63) is 86.8 Å². The van der Waals surface area contributed by atoms with Gasteiger partial charge in [0, 0.05) is 5.70 Å². The van der Waals surface area contributed by atoms with E-state index in [0.717, 1.165) is 11.3 Å². The number of rotatable bonds is 8. The van der Waals surface area contributed by atoms with Gasteiger partial charge in [0.05, 0.1) is 31.3 Å². The smallest absolute Gasteiger partial charge is 0.336 e. The summed E-state index contributed by atoms with van der Waals surface area (Å²) in [6.07, 6.45) is 0. The molecule has 35 heavy (non-hydrogen) atoms. The number of allylic oxidation sites excluding steroid dienone is 1. The number of benzene rings is 2. The van der Waals surface area contributed by atoms with E-state index in [0.29, 0.717) is 51.5 Å². The highest BCUT2D eigenvalue weighted by Crippen LogP contribution is 2.42. The summed E-state index contributed by atoms with van der Waals surface area (Å²) in [5, 5.41) is 3.63. The van der Waals surface area contributed by atoms with Crippen LogP contribution in [0.5, 0.6) is 11.5 Å². The largest absolute Gasteiger partial charge is 0.493 e. The van der Waals surface area contributed by atoms with Gasteiger partial charge in [0.15, 0.2) is 16.7 Å². The van der Waals surface area contributed by atoms with Gasteiger partial charge in [-0.25, -0.2) is 9.78 Å². The average molecular weight is 494 g/mol. The minimum absolute atomic E-state index is 0.319. The normalized spacial score (nSPS) is 14.7. The van der Waals surface area contributed by atoms with Crippen molar-refractivity contribution in [2.24, 2.45) is 0 Å². The van der Waals surface area contributed by atoms with Gasteiger partial charge < -0.3 is 24.5 Å². The van der Waals surface area contributed by atoms with Crippen LogP contribution in [0.1, 0.15) is 36.5 Å². The monoisotopic (exact) mass is 493 g/mol. The summed E-state index contributed by atoms with van der Waals surface area (Å²) >= 11 is 1.43. The number of ether oxygens (including phenoxy) is 3. The lowest BCUT2D eigenvalue weighted by molar-refractivity contribution is -0.136. The van der Waals surface area contributed by atoms with Gasteiger partial charge in [-0.3, -0.25) is 4.79 Å². The van der Waals surface area contributed by atoms with Crippen molar-refractivity contribution in [3.8, 4) is 11.5 Å². The van der Waals surface area contributed by atoms with Crippen LogP contribution in [0.3, 0.4) is 0 Å². The van der Waals surface area contributed by atoms with Crippen LogP contribution >= 0.6 is 11.8 Å². The van der Waals surface area contributed by atoms with Gasteiger partial charge >= 0.3 is 5.97 Å². The molecule has 3 aromatic rings. The Bertz CT molecular complexity index is 1320. The number of aromatic amines is 1. The maximum atomic E-state index is 13.2. The minimum atomic E-state index is -0.701. The standard InChI is InChI=1S/C26H27N3O5S/c1-5-35-26-28-23-22(24(30)29-26)21(20(15(2)27-23)25(31)33-4)17-11-12-18(19(13-17)32-3)34-14-16-9-7-6-8-10-16/h6-13,21H,5,14H2,1-4H3,(H2,27,28,29,30). The molecule has 0 amide bonds. The van der Waals surface area contributed by atoms with Crippen LogP contribution in [-0.4, -0.2) is 35.9 Å². The predicted molar refractivity (Wildman–Crippen MR) is 135 cm³/mol. The van der Waals surface area contributed by atoms with Crippen LogP contribution < -0.4 is 20.3 Å². The summed E-state index contributed by atoms with van der Waals surface area (Å²) in [6, 6.07) is 15.2. The first-order chi connectivity index (χ1) is 17.0. The number of hydrogen-bond donors (Lipinski definition) is 2. The zero-order valence-electron chi connectivity index (χ0n) is 20.0. The first-order valence-corrected chi connectivity index (χ1v) is 12.1. The number of hydrogen-bond acceptors (Lipinski definition) is 8. The molecule has 2 heterocycles. The molecule has 0 aliphatic carbocycles. The molecular weight excluding hydrogens is 466 g/mol. The van der Waals surface area contributed by atoms with Gasteiger partial charge in [0.1, 0.15) is 12.4 Å². The summed E-state index contributed by atoms with van der Waals surface area (Å²) in [5.41, 5.74) is 2.64. The van der Waals surface area contributed by atoms with Gasteiger partial charge in [-0.2, -0.15) is 0 Å². The van der Waals surface area contributed by atoms with E-state index < -0.39 is 11.9 Å². The molecule has 1 aliphatic heterocycles. The Morgan fingerprint density at radius 1 is 1.11 bits per heavy atom. The maximum Gasteiger partial charge on any atom is 0.336 e. The van der Waals surface area contributed by atoms with E-state index in [1.165, 1.54) is 18.9 Å². The van der Waals surface area contributed by atoms with Gasteiger partial charge in [0.25, 0.3) is 5.56 Å². The number of fused-ring (bicyclic) bond motifs is 1. The van der Waals surface area contributed by atoms with E-state index in [1.54, 1.807) is 26.2 Å². The van der Waals surface area contributed by atoms with E-state index in [9.17, 15) is 9.59 Å². The van der Waals surface area contributed by atoms with Crippen LogP contribution in [0.15, 0.2) is 69.8 Å². The van der Waals surface area contributed by atoms with Gasteiger partial charge in [0.2, 0.25) is 0 Å². The number of esters is 1. The molecule has 0 radical (unpaired) electrons. The quantitative estimate of drug-likeness (QED) is 0.269. The lowest BCUT2D eigenvalue weighted by atomic mass is 9.82. The minimum Gasteiger partial charge on any atom is -0.493 e. The molecule has 8 nitrogen and oxygen atoms in total. The Balaban J connectivity index is 1.78. The second kappa shape index (κ2) is 10.7. The lowest BCUT2D eigenvalue weighted by Gasteiger charge is -2.29. The fourth-order valence-electron chi connectivity index (χ4n) is 4.07. The molecule has 2 aromatic carbocycles. The number of H-pyrrole nitrogens is 1. The Hall–Kier alpha value is -3.72. The van der Waals surface area contributed by atoms with Crippen molar-refractivity contribution >= 4 is 23.5 Å². The van der Waals surface area contributed by atoms with Crippen LogP contribution in [-0.2, 0) is 16.1 Å². The Morgan fingerprint density at radius 2 is 1.89 bits per heavy atom. The van der Waals surface area contributed by atoms with Crippen LogP contribution in [0.25, 0.3) is 0 Å². The number of methoxy groups -OCH3 is 2. The third-order valence-corrected chi connectivity index (χ3v) is 6.42. The highest BCUT2D eigenvalue weighted by atomic mass is 32.2. The van der Waals surface area contributed by atoms with Gasteiger partial charge in [-0.15, -0.1) is 0 Å². The van der Waals surface area contributed by atoms with E-state index in [4.69, 9.17) is 14.2 Å². The summed E-state index contributed by atoms with van der Waals surface area (Å²) < 4.78 is 16.7. The molecule has 182 valence electrons. The second-order valence-electron chi connectivity index (χ2n) is 7.84. The number of thioether (sulfide) groups is 1. The molecule has 0 saturated carbocycles. The van der Waals surface area contributed by atoms with Crippen molar-refractivity contribution in [1.82, 2.24) is 9.97 Å². The fraction of sp³-hybridized carbons (Fsp3) is 0.269. The van der Waals surface area contributed by atoms with E-state index in [-0.39, 0.29) is 5.56 Å². The fourth-order valence-corrected chi connectivity index (χ4v) is 4.66. The van der Waals surface area contributed by atoms with E-state index >= 15 is 0 Å². The number of nitrogens with one attached hydrogen (secondary N) is 2. The van der Waals surface area contributed by atoms with E-state index in [2.05, 4.69) is 15.3 Å². The Labute approximate surface area is 207 Å². The molecule has 0 fully saturated rings. The topological polar surface area (TPSA) is 103 Å². The number of aromatic nitrogens is 2. The van der Waals surface area contributed by atoms with Gasteiger partial charge in [-0.1, -0.05) is 55.1 Å². The van der Waals surface area contributed by atoms with Crippen LogP contribution in [0, 0.1) is 0 Å². The summed E-state index contributed by atoms with van der Waals surface area (Å²) in [5.74, 6) is 0.991. The maximum absolute atomic E-state index is 13.2. The lowest BCUT2D eigenvalue weighted by Crippen LogP contribution is -2.31. The SMILES string of the molecule is CCSc1nc2c(c(=O)[nH]1)C(c1ccc(OCc3ccccc3)c(OC)c1)C(C(=O)OC)=C(C)N2. The van der Waals surface area contributed by atoms with Crippen molar-refractivity contribution in [1.29, 1.82) is 0 Å². The zero-order chi connectivity index (χ0) is 24.9. The van der Waals surface area contributed by atoms with Gasteiger partial charge in [-0.05, 0) is 35.9 Å². The highest BCUT2D eigenvalue weighted by Gasteiger charge is 2.36. The Kier molecular flexibility index (Phi) is 7.45. The first-order valence-electron chi connectivity index (χ1n) is 11.1. The molecule has 1 atom stereocenters. The molecule has 2 N–H and O–H groups in total. The molecular formula is C26H27N3O5S. The predicted octanol–water partition coefficient (Wildman–Crippen LogP) is 4.47. The summed E-state index contributed by atoms with van der Waals surface area (Å²) in [4.78, 5) is 33.4. The molecule has 1 aromatic heterocycles. The second-order valence-corrected chi connectivity index (χ2v) is 9.09. The molecule has 1 aliphatic rings. The molecule has 0 spiro atoms. The average Bonchev–Trinajstić information content (AvgIpc) is 2.87. The van der Waals surface area contributed by atoms with Crippen LogP contribution in [0.4, 0.5) is 5.82 Å².